The maximum absolute atomic E-state index is 10.9. The Balaban J connectivity index is 3.28. The fourth-order valence-electron chi connectivity index (χ4n) is 0.508. The zero-order chi connectivity index (χ0) is 7.56. The van der Waals surface area contributed by atoms with Gasteiger partial charge in [-0.3, -0.25) is 0 Å². The van der Waals surface area contributed by atoms with E-state index < -0.39 is 0 Å². The third kappa shape index (κ3) is 1.62. The summed E-state index contributed by atoms with van der Waals surface area (Å²) < 4.78 is 1.54. The van der Waals surface area contributed by atoms with Gasteiger partial charge in [-0.05, 0) is 0 Å². The third-order valence-corrected chi connectivity index (χ3v) is 4.74. The van der Waals surface area contributed by atoms with Crippen molar-refractivity contribution >= 4 is 18.6 Å². The van der Waals surface area contributed by atoms with Gasteiger partial charge in [0.1, 0.15) is 0 Å². The molecular weight excluding hydrogens is 360 g/mol. The molecule has 0 aromatic carbocycles. The molecule has 0 unspecified atom stereocenters. The van der Waals surface area contributed by atoms with Crippen LogP contribution in [0, 0.1) is 0 Å². The molecule has 3 nitrogen and oxygen atoms in total. The second-order valence-corrected chi connectivity index (χ2v) is 5.42. The summed E-state index contributed by atoms with van der Waals surface area (Å²) in [6.45, 7) is 0. The predicted octanol–water partition coefficient (Wildman–Crippen LogP) is -2.24. The summed E-state index contributed by atoms with van der Waals surface area (Å²) >= 11 is 1.84. The monoisotopic (exact) mass is 364 g/mol. The molecule has 0 aliphatic heterocycles. The molecule has 5 heteroatoms. The molecule has 0 saturated heterocycles. The van der Waals surface area contributed by atoms with Crippen molar-refractivity contribution in [1.29, 1.82) is 0 Å². The summed E-state index contributed by atoms with van der Waals surface area (Å²) in [6, 6.07) is 3.06. The van der Waals surface area contributed by atoms with Crippen molar-refractivity contribution in [3.8, 4) is 5.75 Å². The molecule has 1 aromatic heterocycles. The van der Waals surface area contributed by atoms with Gasteiger partial charge in [0.2, 0.25) is 0 Å². The molecule has 0 aliphatic carbocycles. The van der Waals surface area contributed by atoms with Crippen molar-refractivity contribution in [2.45, 2.75) is 0 Å². The van der Waals surface area contributed by atoms with Crippen LogP contribution in [0.1, 0.15) is 0 Å². The average Bonchev–Trinajstić information content (AvgIpc) is 1.95. The van der Waals surface area contributed by atoms with E-state index in [-0.39, 0.29) is 28.8 Å². The number of nitrogens with zero attached hydrogens (tertiary/aromatic N) is 1. The van der Waals surface area contributed by atoms with Gasteiger partial charge in [0, 0.05) is 0 Å². The van der Waals surface area contributed by atoms with E-state index >= 15 is 0 Å². The summed E-state index contributed by atoms with van der Waals surface area (Å²) in [5, 5.41) is 8.91. The van der Waals surface area contributed by atoms with Gasteiger partial charge < -0.3 is 0 Å². The number of rotatable bonds is 1. The van der Waals surface area contributed by atoms with Gasteiger partial charge in [-0.25, -0.2) is 0 Å². The number of aromatic nitrogens is 1. The van der Waals surface area contributed by atoms with E-state index in [9.17, 15) is 4.79 Å². The Labute approximate surface area is 77.9 Å². The Morgan fingerprint density at radius 3 is 2.90 bits per heavy atom. The summed E-state index contributed by atoms with van der Waals surface area (Å²) in [4.78, 5) is 10.9. The molecule has 56 valence electrons. The van der Waals surface area contributed by atoms with Crippen LogP contribution < -0.4 is 23.1 Å². The first-order valence-corrected chi connectivity index (χ1v) is 9.68. The van der Waals surface area contributed by atoms with Crippen molar-refractivity contribution in [3.63, 3.8) is 0 Å². The van der Waals surface area contributed by atoms with Crippen molar-refractivity contribution in [1.82, 2.24) is 2.78 Å². The summed E-state index contributed by atoms with van der Waals surface area (Å²) in [5.74, 6) is -0.168. The van der Waals surface area contributed by atoms with Crippen LogP contribution in [-0.4, -0.2) is 7.89 Å². The van der Waals surface area contributed by atoms with Crippen molar-refractivity contribution in [3.05, 3.63) is 28.7 Å². The topological polar surface area (TPSA) is 42.2 Å². The van der Waals surface area contributed by atoms with Crippen molar-refractivity contribution in [2.24, 2.45) is 0 Å². The Morgan fingerprint density at radius 1 is 1.70 bits per heavy atom. The Bertz CT molecular complexity index is 283. The summed E-state index contributed by atoms with van der Waals surface area (Å²) in [5.41, 5.74) is -0.287. The van der Waals surface area contributed by atoms with Crippen LogP contribution in [0.25, 0.3) is 0 Å². The molecule has 0 amide bonds. The molecule has 10 heavy (non-hydrogen) atoms. The van der Waals surface area contributed by atoms with Crippen LogP contribution in [0.15, 0.2) is 23.1 Å². The van der Waals surface area contributed by atoms with E-state index in [1.54, 1.807) is 12.3 Å². The zero-order valence-electron chi connectivity index (χ0n) is 4.79. The number of pyridine rings is 1. The molecule has 1 heterocycles. The normalized spacial score (nSPS) is 10.1. The molecule has 0 spiro atoms. The Morgan fingerprint density at radius 2 is 2.40 bits per heavy atom. The van der Waals surface area contributed by atoms with E-state index in [0.717, 1.165) is 0 Å². The molecule has 0 fully saturated rings. The molecule has 1 rings (SSSR count). The predicted molar refractivity (Wildman–Crippen MR) is 41.8 cm³/mol. The van der Waals surface area contributed by atoms with Gasteiger partial charge in [0.05, 0.1) is 0 Å². The van der Waals surface area contributed by atoms with Gasteiger partial charge >= 0.3 is 78.4 Å². The number of hydrogen-bond donors (Lipinski definition) is 1. The minimum atomic E-state index is -0.315. The van der Waals surface area contributed by atoms with Gasteiger partial charge in [-0.2, -0.15) is 0 Å². The van der Waals surface area contributed by atoms with Crippen LogP contribution >= 0.6 is 18.6 Å². The SMILES string of the molecule is O=c1c(O)cccn1[I-]I. The van der Waals surface area contributed by atoms with Gasteiger partial charge in [-0.1, -0.05) is 0 Å². The number of hydrogen-bond acceptors (Lipinski definition) is 2. The summed E-state index contributed by atoms with van der Waals surface area (Å²) in [6.07, 6.45) is 1.68. The van der Waals surface area contributed by atoms with E-state index in [0.29, 0.717) is 0 Å². The van der Waals surface area contributed by atoms with Crippen LogP contribution in [0.4, 0.5) is 0 Å². The molecule has 0 radical (unpaired) electrons. The molecule has 1 N–H and O–H groups in total. The van der Waals surface area contributed by atoms with E-state index in [2.05, 4.69) is 18.6 Å². The second-order valence-electron chi connectivity index (χ2n) is 1.57. The molecule has 0 bridgehead atoms. The molecular formula is C5H4I2NO2-. The first kappa shape index (κ1) is 8.31. The Hall–Kier alpha value is 0.210. The number of halogens is 2. The molecule has 0 saturated carbocycles. The molecule has 1 aromatic rings. The van der Waals surface area contributed by atoms with E-state index in [1.165, 1.54) is 8.85 Å². The van der Waals surface area contributed by atoms with Crippen LogP contribution in [-0.2, 0) is 0 Å². The van der Waals surface area contributed by atoms with Crippen molar-refractivity contribution < 1.29 is 22.6 Å². The van der Waals surface area contributed by atoms with Crippen LogP contribution in [0.2, 0.25) is 0 Å². The van der Waals surface area contributed by atoms with Gasteiger partial charge in [0.25, 0.3) is 0 Å². The minimum absolute atomic E-state index is 0.168. The fraction of sp³-hybridized carbons (Fsp3) is 0. The van der Waals surface area contributed by atoms with E-state index in [1.807, 2.05) is 0 Å². The van der Waals surface area contributed by atoms with Crippen molar-refractivity contribution in [2.75, 3.05) is 0 Å². The Kier molecular flexibility index (Phi) is 2.96. The van der Waals surface area contributed by atoms with Crippen LogP contribution in [0.5, 0.6) is 5.75 Å². The van der Waals surface area contributed by atoms with Gasteiger partial charge in [-0.15, -0.1) is 0 Å². The number of aromatic hydroxyl groups is 1. The standard InChI is InChI=1S/C5H4I2NO2/c6-7-8-3-1-2-4(9)5(8)10/h1-3,9H/q-1. The van der Waals surface area contributed by atoms with E-state index in [4.69, 9.17) is 5.11 Å². The van der Waals surface area contributed by atoms with Gasteiger partial charge in [0.15, 0.2) is 0 Å². The first-order valence-electron chi connectivity index (χ1n) is 2.43. The van der Waals surface area contributed by atoms with Crippen LogP contribution in [0.3, 0.4) is 0 Å². The first-order chi connectivity index (χ1) is 4.75. The second kappa shape index (κ2) is 3.56. The fourth-order valence-corrected chi connectivity index (χ4v) is 3.15. The maximum atomic E-state index is 10.9. The molecule has 0 aliphatic rings. The quantitative estimate of drug-likeness (QED) is 0.573. The average molecular weight is 364 g/mol. The summed E-state index contributed by atoms with van der Waals surface area (Å²) in [7, 11) is 0. The third-order valence-electron chi connectivity index (χ3n) is 0.953. The molecule has 0 atom stereocenters. The zero-order valence-corrected chi connectivity index (χ0v) is 9.11.